The van der Waals surface area contributed by atoms with E-state index in [0.717, 1.165) is 47.6 Å². The first-order valence-electron chi connectivity index (χ1n) is 10.8. The molecule has 1 aliphatic heterocycles. The maximum absolute atomic E-state index is 12.6. The van der Waals surface area contributed by atoms with Crippen LogP contribution in [0.2, 0.25) is 0 Å². The minimum absolute atomic E-state index is 0.253. The molecule has 8 nitrogen and oxygen atoms in total. The Bertz CT molecular complexity index is 1140. The molecular weight excluding hydrogens is 408 g/mol. The average molecular weight is 437 g/mol. The third kappa shape index (κ3) is 4.69. The highest BCUT2D eigenvalue weighted by Crippen LogP contribution is 2.27. The van der Waals surface area contributed by atoms with E-state index in [1.807, 2.05) is 24.3 Å². The Kier molecular flexibility index (Phi) is 6.30. The molecule has 0 spiro atoms. The van der Waals surface area contributed by atoms with Gasteiger partial charge in [0.05, 0.1) is 13.0 Å². The second kappa shape index (κ2) is 9.30. The fourth-order valence-electron chi connectivity index (χ4n) is 4.05. The van der Waals surface area contributed by atoms with E-state index in [2.05, 4.69) is 17.4 Å². The molecule has 3 aromatic rings. The molecule has 0 saturated carbocycles. The molecule has 8 heteroatoms. The van der Waals surface area contributed by atoms with E-state index in [4.69, 9.17) is 9.72 Å². The zero-order valence-corrected chi connectivity index (χ0v) is 18.4. The minimum Gasteiger partial charge on any atom is -0.493 e. The normalized spacial score (nSPS) is 13.8. The summed E-state index contributed by atoms with van der Waals surface area (Å²) in [5.41, 5.74) is 3.05. The lowest BCUT2D eigenvalue weighted by atomic mass is 10.1. The summed E-state index contributed by atoms with van der Waals surface area (Å²) in [7, 11) is 3.25. The number of aromatic nitrogens is 2. The van der Waals surface area contributed by atoms with Gasteiger partial charge >= 0.3 is 5.97 Å². The number of benzene rings is 1. The van der Waals surface area contributed by atoms with E-state index in [9.17, 15) is 14.7 Å². The Morgan fingerprint density at radius 2 is 2.09 bits per heavy atom. The van der Waals surface area contributed by atoms with Crippen LogP contribution >= 0.6 is 0 Å². The Morgan fingerprint density at radius 3 is 2.88 bits per heavy atom. The van der Waals surface area contributed by atoms with Crippen molar-refractivity contribution >= 4 is 28.6 Å². The summed E-state index contributed by atoms with van der Waals surface area (Å²) in [6, 6.07) is 10.9. The number of ether oxygens (including phenoxy) is 1. The minimum atomic E-state index is -1.02. The molecular formula is C24H28N4O4. The number of fused-ring (bicyclic) bond motifs is 2. The Morgan fingerprint density at radius 1 is 1.25 bits per heavy atom. The molecule has 0 fully saturated rings. The number of pyridine rings is 1. The van der Waals surface area contributed by atoms with Gasteiger partial charge in [-0.2, -0.15) is 0 Å². The van der Waals surface area contributed by atoms with Gasteiger partial charge in [-0.25, -0.2) is 4.98 Å². The number of carbonyl (C=O) groups is 2. The number of nitrogens with one attached hydrogen (secondary N) is 1. The van der Waals surface area contributed by atoms with Gasteiger partial charge < -0.3 is 24.6 Å². The summed E-state index contributed by atoms with van der Waals surface area (Å²) in [5, 5.41) is 13.5. The third-order valence-corrected chi connectivity index (χ3v) is 5.70. The Labute approximate surface area is 186 Å². The van der Waals surface area contributed by atoms with Crippen LogP contribution in [0.15, 0.2) is 42.6 Å². The van der Waals surface area contributed by atoms with Crippen molar-refractivity contribution in [3.05, 3.63) is 53.9 Å². The average Bonchev–Trinajstić information content (AvgIpc) is 3.19. The van der Waals surface area contributed by atoms with Crippen molar-refractivity contribution < 1.29 is 19.4 Å². The van der Waals surface area contributed by atoms with Crippen molar-refractivity contribution in [2.24, 2.45) is 0 Å². The van der Waals surface area contributed by atoms with Crippen molar-refractivity contribution in [1.82, 2.24) is 14.5 Å². The van der Waals surface area contributed by atoms with Crippen LogP contribution in [-0.2, 0) is 22.4 Å². The number of carboxylic acid groups (broad SMARTS) is 1. The predicted molar refractivity (Wildman–Crippen MR) is 122 cm³/mol. The van der Waals surface area contributed by atoms with Gasteiger partial charge in [0, 0.05) is 49.9 Å². The second-order valence-corrected chi connectivity index (χ2v) is 8.23. The first-order chi connectivity index (χ1) is 15.4. The van der Waals surface area contributed by atoms with Gasteiger partial charge in [0.2, 0.25) is 5.91 Å². The lowest BCUT2D eigenvalue weighted by Gasteiger charge is -2.21. The fraction of sp³-hybridized carbons (Fsp3) is 0.375. The number of hydrogen-bond acceptors (Lipinski definition) is 5. The van der Waals surface area contributed by atoms with Gasteiger partial charge in [-0.05, 0) is 48.7 Å². The first-order valence-corrected chi connectivity index (χ1v) is 10.8. The quantitative estimate of drug-likeness (QED) is 0.563. The number of carboxylic acids is 1. The SMILES string of the molecule is CN(C)C(=O)C(CC(=O)O)n1ccc2cc(OCCc3ccc4c(n3)NCCC4)ccc21. The molecule has 2 aromatic heterocycles. The van der Waals surface area contributed by atoms with Crippen LogP contribution in [0.4, 0.5) is 5.82 Å². The van der Waals surface area contributed by atoms with E-state index in [1.54, 1.807) is 24.9 Å². The molecule has 1 atom stereocenters. The molecule has 0 saturated heterocycles. The molecule has 1 aromatic carbocycles. The van der Waals surface area contributed by atoms with Crippen LogP contribution in [0, 0.1) is 0 Å². The smallest absolute Gasteiger partial charge is 0.306 e. The number of hydrogen-bond donors (Lipinski definition) is 2. The molecule has 4 rings (SSSR count). The van der Waals surface area contributed by atoms with Gasteiger partial charge in [0.1, 0.15) is 17.6 Å². The van der Waals surface area contributed by atoms with Crippen LogP contribution in [0.3, 0.4) is 0 Å². The highest BCUT2D eigenvalue weighted by Gasteiger charge is 2.26. The van der Waals surface area contributed by atoms with Crippen molar-refractivity contribution in [3.63, 3.8) is 0 Å². The maximum Gasteiger partial charge on any atom is 0.306 e. The third-order valence-electron chi connectivity index (χ3n) is 5.70. The fourth-order valence-corrected chi connectivity index (χ4v) is 4.05. The van der Waals surface area contributed by atoms with Crippen LogP contribution in [0.1, 0.15) is 30.1 Å². The molecule has 168 valence electrons. The van der Waals surface area contributed by atoms with Crippen LogP contribution in [0.5, 0.6) is 5.75 Å². The number of amides is 1. The van der Waals surface area contributed by atoms with E-state index in [0.29, 0.717) is 13.0 Å². The number of anilines is 1. The number of likely N-dealkylation sites (N-methyl/N-ethyl adjacent to an activating group) is 1. The lowest BCUT2D eigenvalue weighted by Crippen LogP contribution is -2.32. The zero-order chi connectivity index (χ0) is 22.7. The number of aryl methyl sites for hydroxylation is 1. The molecule has 3 heterocycles. The molecule has 1 amide bonds. The van der Waals surface area contributed by atoms with E-state index >= 15 is 0 Å². The molecule has 0 bridgehead atoms. The summed E-state index contributed by atoms with van der Waals surface area (Å²) < 4.78 is 7.66. The van der Waals surface area contributed by atoms with Gasteiger partial charge in [0.15, 0.2) is 0 Å². The Hall–Kier alpha value is -3.55. The number of nitrogens with zero attached hydrogens (tertiary/aromatic N) is 3. The monoisotopic (exact) mass is 436 g/mol. The van der Waals surface area contributed by atoms with Crippen molar-refractivity contribution in [2.45, 2.75) is 31.7 Å². The second-order valence-electron chi connectivity index (χ2n) is 8.23. The first kappa shape index (κ1) is 21.7. The molecule has 0 radical (unpaired) electrons. The maximum atomic E-state index is 12.6. The largest absolute Gasteiger partial charge is 0.493 e. The number of aliphatic carboxylic acids is 1. The van der Waals surface area contributed by atoms with E-state index in [1.165, 1.54) is 10.5 Å². The van der Waals surface area contributed by atoms with Crippen LogP contribution in [0.25, 0.3) is 10.9 Å². The summed E-state index contributed by atoms with van der Waals surface area (Å²) in [6.07, 6.45) is 4.39. The summed E-state index contributed by atoms with van der Waals surface area (Å²) in [5.74, 6) is 0.440. The van der Waals surface area contributed by atoms with Crippen LogP contribution in [-0.4, -0.2) is 58.7 Å². The summed E-state index contributed by atoms with van der Waals surface area (Å²) in [6.45, 7) is 1.46. The van der Waals surface area contributed by atoms with Crippen molar-refractivity contribution in [1.29, 1.82) is 0 Å². The van der Waals surface area contributed by atoms with Crippen molar-refractivity contribution in [3.8, 4) is 5.75 Å². The standard InChI is InChI=1S/C24H28N4O4/c1-27(2)24(31)21(15-22(29)30)28-12-9-17-14-19(7-8-20(17)28)32-13-10-18-6-5-16-4-3-11-25-23(16)26-18/h5-9,12,14,21H,3-4,10-11,13,15H2,1-2H3,(H,25,26)(H,29,30). The molecule has 2 N–H and O–H groups in total. The molecule has 1 unspecified atom stereocenters. The zero-order valence-electron chi connectivity index (χ0n) is 18.4. The number of carbonyl (C=O) groups excluding carboxylic acids is 1. The van der Waals surface area contributed by atoms with Crippen molar-refractivity contribution in [2.75, 3.05) is 32.6 Å². The molecule has 1 aliphatic rings. The van der Waals surface area contributed by atoms with Gasteiger partial charge in [-0.1, -0.05) is 6.07 Å². The lowest BCUT2D eigenvalue weighted by molar-refractivity contribution is -0.142. The topological polar surface area (TPSA) is 96.7 Å². The number of rotatable bonds is 8. The highest BCUT2D eigenvalue weighted by atomic mass is 16.5. The van der Waals surface area contributed by atoms with Crippen LogP contribution < -0.4 is 10.1 Å². The molecule has 0 aliphatic carbocycles. The van der Waals surface area contributed by atoms with Gasteiger partial charge in [-0.3, -0.25) is 9.59 Å². The Balaban J connectivity index is 1.45. The van der Waals surface area contributed by atoms with E-state index in [-0.39, 0.29) is 12.3 Å². The predicted octanol–water partition coefficient (Wildman–Crippen LogP) is 3.12. The molecule has 32 heavy (non-hydrogen) atoms. The highest BCUT2D eigenvalue weighted by molar-refractivity contribution is 5.88. The van der Waals surface area contributed by atoms with Gasteiger partial charge in [-0.15, -0.1) is 0 Å². The van der Waals surface area contributed by atoms with E-state index < -0.39 is 12.0 Å². The summed E-state index contributed by atoms with van der Waals surface area (Å²) >= 11 is 0. The van der Waals surface area contributed by atoms with Gasteiger partial charge in [0.25, 0.3) is 0 Å². The summed E-state index contributed by atoms with van der Waals surface area (Å²) in [4.78, 5) is 30.0.